The predicted molar refractivity (Wildman–Crippen MR) is 141 cm³/mol. The zero-order chi connectivity index (χ0) is 24.6. The van der Waals surface area contributed by atoms with Crippen LogP contribution in [0.1, 0.15) is 46.6 Å². The highest BCUT2D eigenvalue weighted by atomic mass is 16.5. The van der Waals surface area contributed by atoms with E-state index in [0.29, 0.717) is 36.7 Å². The zero-order valence-electron chi connectivity index (χ0n) is 20.5. The number of hydrogen-bond donors (Lipinski definition) is 0. The summed E-state index contributed by atoms with van der Waals surface area (Å²) >= 11 is 0. The molecule has 1 unspecified atom stereocenters. The van der Waals surface area contributed by atoms with Crippen molar-refractivity contribution in [2.75, 3.05) is 26.2 Å². The van der Waals surface area contributed by atoms with Crippen LogP contribution in [0.25, 0.3) is 0 Å². The van der Waals surface area contributed by atoms with E-state index >= 15 is 0 Å². The van der Waals surface area contributed by atoms with Crippen molar-refractivity contribution >= 4 is 0 Å². The molecule has 4 aromatic rings. The summed E-state index contributed by atoms with van der Waals surface area (Å²) in [6, 6.07) is 31.9. The van der Waals surface area contributed by atoms with Crippen molar-refractivity contribution in [3.05, 3.63) is 126 Å². The van der Waals surface area contributed by atoms with Gasteiger partial charge in [-0.2, -0.15) is 5.26 Å². The molecule has 1 fully saturated rings. The molecule has 0 radical (unpaired) electrons. The number of nitrogens with zero attached hydrogens (tertiary/aromatic N) is 4. The van der Waals surface area contributed by atoms with E-state index in [9.17, 15) is 0 Å². The summed E-state index contributed by atoms with van der Waals surface area (Å²) in [6.07, 6.45) is 6.75. The second-order valence-corrected chi connectivity index (χ2v) is 9.57. The van der Waals surface area contributed by atoms with Crippen LogP contribution in [0.3, 0.4) is 0 Å². The van der Waals surface area contributed by atoms with E-state index in [-0.39, 0.29) is 0 Å². The minimum absolute atomic E-state index is 0.291. The zero-order valence-corrected chi connectivity index (χ0v) is 20.5. The van der Waals surface area contributed by atoms with Crippen LogP contribution in [0.4, 0.5) is 0 Å². The molecule has 0 spiro atoms. The fourth-order valence-corrected chi connectivity index (χ4v) is 5.31. The van der Waals surface area contributed by atoms with Gasteiger partial charge in [0.2, 0.25) is 0 Å². The number of likely N-dealkylation sites (tertiary alicyclic amines) is 1. The second-order valence-electron chi connectivity index (χ2n) is 9.57. The molecule has 0 amide bonds. The first-order valence-electron chi connectivity index (χ1n) is 12.7. The van der Waals surface area contributed by atoms with Crippen molar-refractivity contribution in [2.24, 2.45) is 0 Å². The lowest BCUT2D eigenvalue weighted by Crippen LogP contribution is -2.30. The van der Waals surface area contributed by atoms with Gasteiger partial charge in [0.25, 0.3) is 0 Å². The summed E-state index contributed by atoms with van der Waals surface area (Å²) in [5, 5.41) is 8.98. The highest BCUT2D eigenvalue weighted by Gasteiger charge is 2.35. The molecule has 0 bridgehead atoms. The summed E-state index contributed by atoms with van der Waals surface area (Å²) in [7, 11) is 0. The Morgan fingerprint density at radius 1 is 0.889 bits per heavy atom. The highest BCUT2D eigenvalue weighted by molar-refractivity contribution is 5.32. The standard InChI is InChI=1S/C31H32N4O/c32-19-25-11-13-26(14-12-25)23-36-18-15-29(35-17-16-33-24-35)20-34-21-30(27-7-3-1-4-8-27)31(22-34)28-9-5-2-6-10-28/h1-14,16-17,24,29-31H,15,18,20-23H2/t29?,30-,31+. The number of rotatable bonds is 10. The molecule has 36 heavy (non-hydrogen) atoms. The summed E-state index contributed by atoms with van der Waals surface area (Å²) in [6.45, 7) is 4.27. The largest absolute Gasteiger partial charge is 0.377 e. The Morgan fingerprint density at radius 2 is 1.53 bits per heavy atom. The van der Waals surface area contributed by atoms with Gasteiger partial charge in [-0.3, -0.25) is 0 Å². The average molecular weight is 477 g/mol. The van der Waals surface area contributed by atoms with Gasteiger partial charge in [0.05, 0.1) is 24.6 Å². The first-order chi connectivity index (χ1) is 17.8. The molecule has 1 aliphatic rings. The van der Waals surface area contributed by atoms with Gasteiger partial charge in [0.1, 0.15) is 0 Å². The van der Waals surface area contributed by atoms with Gasteiger partial charge in [-0.1, -0.05) is 72.8 Å². The van der Waals surface area contributed by atoms with Crippen LogP contribution >= 0.6 is 0 Å². The molecule has 182 valence electrons. The van der Waals surface area contributed by atoms with Gasteiger partial charge in [-0.15, -0.1) is 0 Å². The smallest absolute Gasteiger partial charge is 0.0991 e. The molecule has 3 atom stereocenters. The quantitative estimate of drug-likeness (QED) is 0.272. The molecular formula is C31H32N4O. The highest BCUT2D eigenvalue weighted by Crippen LogP contribution is 2.40. The van der Waals surface area contributed by atoms with Crippen molar-refractivity contribution in [1.29, 1.82) is 5.26 Å². The van der Waals surface area contributed by atoms with Crippen molar-refractivity contribution in [2.45, 2.75) is 30.9 Å². The van der Waals surface area contributed by atoms with Gasteiger partial charge < -0.3 is 14.2 Å². The lowest BCUT2D eigenvalue weighted by atomic mass is 9.84. The van der Waals surface area contributed by atoms with Crippen molar-refractivity contribution in [3.63, 3.8) is 0 Å². The Morgan fingerprint density at radius 3 is 2.08 bits per heavy atom. The monoisotopic (exact) mass is 476 g/mol. The second kappa shape index (κ2) is 11.8. The van der Waals surface area contributed by atoms with Gasteiger partial charge in [0, 0.05) is 56.5 Å². The lowest BCUT2D eigenvalue weighted by Gasteiger charge is -2.25. The van der Waals surface area contributed by atoms with E-state index in [2.05, 4.69) is 87.4 Å². The third-order valence-corrected chi connectivity index (χ3v) is 7.21. The molecular weight excluding hydrogens is 444 g/mol. The molecule has 3 aromatic carbocycles. The molecule has 5 rings (SSSR count). The lowest BCUT2D eigenvalue weighted by molar-refractivity contribution is 0.102. The summed E-state index contributed by atoms with van der Waals surface area (Å²) in [5.74, 6) is 0.953. The third kappa shape index (κ3) is 5.91. The topological polar surface area (TPSA) is 54.1 Å². The van der Waals surface area contributed by atoms with Gasteiger partial charge in [-0.25, -0.2) is 4.98 Å². The fraction of sp³-hybridized carbons (Fsp3) is 0.290. The Balaban J connectivity index is 1.24. The molecule has 2 heterocycles. The average Bonchev–Trinajstić information content (AvgIpc) is 3.62. The Kier molecular flexibility index (Phi) is 7.87. The Bertz CT molecular complexity index is 1190. The number of hydrogen-bond acceptors (Lipinski definition) is 4. The molecule has 1 aromatic heterocycles. The minimum Gasteiger partial charge on any atom is -0.377 e. The number of imidazole rings is 1. The SMILES string of the molecule is N#Cc1ccc(COCCC(CN2C[C@H](c3ccccc3)[C@H](c3ccccc3)C2)n2ccnc2)cc1. The number of benzene rings is 3. The van der Waals surface area contributed by atoms with Crippen LogP contribution in [-0.4, -0.2) is 40.7 Å². The Hall–Kier alpha value is -3.72. The Labute approximate surface area is 213 Å². The predicted octanol–water partition coefficient (Wildman–Crippen LogP) is 5.79. The van der Waals surface area contributed by atoms with Crippen molar-refractivity contribution in [3.8, 4) is 6.07 Å². The van der Waals surface area contributed by atoms with Crippen LogP contribution in [0.2, 0.25) is 0 Å². The molecule has 1 saturated heterocycles. The summed E-state index contributed by atoms with van der Waals surface area (Å²) < 4.78 is 8.25. The molecule has 0 saturated carbocycles. The van der Waals surface area contributed by atoms with Crippen LogP contribution in [0.5, 0.6) is 0 Å². The van der Waals surface area contributed by atoms with E-state index in [1.54, 1.807) is 0 Å². The van der Waals surface area contributed by atoms with E-state index in [0.717, 1.165) is 31.6 Å². The maximum atomic E-state index is 8.98. The van der Waals surface area contributed by atoms with Crippen molar-refractivity contribution < 1.29 is 4.74 Å². The first kappa shape index (κ1) is 24.0. The molecule has 1 aliphatic heterocycles. The molecule has 0 aliphatic carbocycles. The van der Waals surface area contributed by atoms with Crippen LogP contribution < -0.4 is 0 Å². The number of nitriles is 1. The maximum absolute atomic E-state index is 8.98. The van der Waals surface area contributed by atoms with E-state index in [4.69, 9.17) is 10.00 Å². The van der Waals surface area contributed by atoms with E-state index in [1.807, 2.05) is 36.8 Å². The molecule has 5 heteroatoms. The van der Waals surface area contributed by atoms with E-state index in [1.165, 1.54) is 11.1 Å². The number of ether oxygens (including phenoxy) is 1. The van der Waals surface area contributed by atoms with Gasteiger partial charge in [-0.05, 0) is 35.2 Å². The van der Waals surface area contributed by atoms with Crippen LogP contribution in [-0.2, 0) is 11.3 Å². The summed E-state index contributed by atoms with van der Waals surface area (Å²) in [4.78, 5) is 6.92. The first-order valence-corrected chi connectivity index (χ1v) is 12.7. The van der Waals surface area contributed by atoms with Crippen LogP contribution in [0.15, 0.2) is 104 Å². The minimum atomic E-state index is 0.291. The molecule has 0 N–H and O–H groups in total. The van der Waals surface area contributed by atoms with Crippen LogP contribution in [0, 0.1) is 11.3 Å². The summed E-state index contributed by atoms with van der Waals surface area (Å²) in [5.41, 5.74) is 4.59. The van der Waals surface area contributed by atoms with Gasteiger partial charge in [0.15, 0.2) is 0 Å². The normalized spacial score (nSPS) is 18.6. The van der Waals surface area contributed by atoms with E-state index < -0.39 is 0 Å². The third-order valence-electron chi connectivity index (χ3n) is 7.21. The van der Waals surface area contributed by atoms with Gasteiger partial charge >= 0.3 is 0 Å². The fourth-order valence-electron chi connectivity index (χ4n) is 5.31. The molecule has 5 nitrogen and oxygen atoms in total. The van der Waals surface area contributed by atoms with Crippen molar-refractivity contribution in [1.82, 2.24) is 14.5 Å². The number of aromatic nitrogens is 2. The maximum Gasteiger partial charge on any atom is 0.0991 e.